The summed E-state index contributed by atoms with van der Waals surface area (Å²) in [6.07, 6.45) is -4.17. The summed E-state index contributed by atoms with van der Waals surface area (Å²) in [4.78, 5) is 15.3. The molecular formula is C11H16ClF3N6. The topological polar surface area (TPSA) is 57.2 Å². The number of nitrogens with one attached hydrogen (secondary N) is 1. The van der Waals surface area contributed by atoms with Crippen LogP contribution in [-0.2, 0) is 0 Å². The molecule has 0 atom stereocenters. The first-order chi connectivity index (χ1) is 9.87. The Bertz CT molecular complexity index is 476. The van der Waals surface area contributed by atoms with Crippen molar-refractivity contribution in [1.82, 2.24) is 19.9 Å². The van der Waals surface area contributed by atoms with Crippen LogP contribution in [0, 0.1) is 0 Å². The van der Waals surface area contributed by atoms with Crippen LogP contribution in [0.5, 0.6) is 0 Å². The molecule has 1 saturated heterocycles. The largest absolute Gasteiger partial charge is 0.401 e. The first-order valence-corrected chi connectivity index (χ1v) is 6.94. The number of piperazine rings is 1. The maximum Gasteiger partial charge on any atom is 0.401 e. The van der Waals surface area contributed by atoms with Gasteiger partial charge in [-0.1, -0.05) is 0 Å². The average molecular weight is 325 g/mol. The molecule has 0 spiro atoms. The molecule has 21 heavy (non-hydrogen) atoms. The number of rotatable bonds is 4. The van der Waals surface area contributed by atoms with E-state index < -0.39 is 12.7 Å². The fraction of sp³-hybridized carbons (Fsp3) is 0.727. The van der Waals surface area contributed by atoms with Gasteiger partial charge in [-0.15, -0.1) is 0 Å². The highest BCUT2D eigenvalue weighted by atomic mass is 35.5. The molecule has 1 fully saturated rings. The number of hydrogen-bond donors (Lipinski definition) is 1. The fourth-order valence-electron chi connectivity index (χ4n) is 2.08. The zero-order chi connectivity index (χ0) is 15.5. The minimum atomic E-state index is -4.17. The van der Waals surface area contributed by atoms with Crippen molar-refractivity contribution in [2.75, 3.05) is 49.5 Å². The van der Waals surface area contributed by atoms with E-state index in [1.54, 1.807) is 4.90 Å². The third-order valence-electron chi connectivity index (χ3n) is 2.99. The van der Waals surface area contributed by atoms with Crippen LogP contribution >= 0.6 is 11.6 Å². The van der Waals surface area contributed by atoms with Crippen LogP contribution in [0.3, 0.4) is 0 Å². The van der Waals surface area contributed by atoms with E-state index in [9.17, 15) is 13.2 Å². The molecule has 118 valence electrons. The van der Waals surface area contributed by atoms with Crippen molar-refractivity contribution >= 4 is 23.5 Å². The van der Waals surface area contributed by atoms with E-state index in [0.29, 0.717) is 44.6 Å². The fourth-order valence-corrected chi connectivity index (χ4v) is 2.23. The Balaban J connectivity index is 1.98. The first-order valence-electron chi connectivity index (χ1n) is 6.57. The number of halogens is 4. The van der Waals surface area contributed by atoms with Crippen molar-refractivity contribution in [3.8, 4) is 0 Å². The molecule has 10 heteroatoms. The van der Waals surface area contributed by atoms with Crippen molar-refractivity contribution < 1.29 is 13.2 Å². The van der Waals surface area contributed by atoms with Gasteiger partial charge >= 0.3 is 6.18 Å². The van der Waals surface area contributed by atoms with E-state index in [2.05, 4.69) is 20.3 Å². The summed E-state index contributed by atoms with van der Waals surface area (Å²) in [7, 11) is 0. The zero-order valence-electron chi connectivity index (χ0n) is 11.5. The van der Waals surface area contributed by atoms with Crippen molar-refractivity contribution in [3.63, 3.8) is 0 Å². The van der Waals surface area contributed by atoms with Crippen LogP contribution in [0.1, 0.15) is 6.92 Å². The van der Waals surface area contributed by atoms with E-state index in [1.807, 2.05) is 6.92 Å². The number of anilines is 2. The van der Waals surface area contributed by atoms with E-state index in [4.69, 9.17) is 11.6 Å². The number of aromatic nitrogens is 3. The molecule has 0 aliphatic carbocycles. The van der Waals surface area contributed by atoms with E-state index in [-0.39, 0.29) is 5.28 Å². The van der Waals surface area contributed by atoms with Gasteiger partial charge in [0.05, 0.1) is 6.54 Å². The van der Waals surface area contributed by atoms with Crippen molar-refractivity contribution in [3.05, 3.63) is 5.28 Å². The zero-order valence-corrected chi connectivity index (χ0v) is 12.2. The molecular weight excluding hydrogens is 309 g/mol. The van der Waals surface area contributed by atoms with Gasteiger partial charge in [0.15, 0.2) is 0 Å². The minimum absolute atomic E-state index is 0.0636. The van der Waals surface area contributed by atoms with Crippen LogP contribution in [0.15, 0.2) is 0 Å². The van der Waals surface area contributed by atoms with Crippen LogP contribution in [0.2, 0.25) is 5.28 Å². The normalized spacial score (nSPS) is 17.1. The highest BCUT2D eigenvalue weighted by molar-refractivity contribution is 6.28. The predicted molar refractivity (Wildman–Crippen MR) is 73.7 cm³/mol. The van der Waals surface area contributed by atoms with Crippen LogP contribution < -0.4 is 10.2 Å². The lowest BCUT2D eigenvalue weighted by atomic mass is 10.3. The molecule has 0 radical (unpaired) electrons. The Morgan fingerprint density at radius 1 is 1.14 bits per heavy atom. The van der Waals surface area contributed by atoms with Crippen molar-refractivity contribution in [2.24, 2.45) is 0 Å². The van der Waals surface area contributed by atoms with Crippen LogP contribution in [0.25, 0.3) is 0 Å². The van der Waals surface area contributed by atoms with Gasteiger partial charge in [-0.2, -0.15) is 28.1 Å². The second-order valence-corrected chi connectivity index (χ2v) is 4.97. The predicted octanol–water partition coefficient (Wildman–Crippen LogP) is 1.64. The standard InChI is InChI=1S/C11H16ClF3N6/c1-2-16-9-17-8(12)18-10(19-9)21-5-3-20(4-6-21)7-11(13,14)15/h2-7H2,1H3,(H,16,17,18,19). The molecule has 0 amide bonds. The molecule has 1 aliphatic rings. The maximum absolute atomic E-state index is 12.3. The Labute approximate surface area is 125 Å². The Morgan fingerprint density at radius 2 is 1.81 bits per heavy atom. The molecule has 2 rings (SSSR count). The number of hydrogen-bond acceptors (Lipinski definition) is 6. The highest BCUT2D eigenvalue weighted by Crippen LogP contribution is 2.19. The molecule has 0 aromatic carbocycles. The molecule has 1 aromatic rings. The molecule has 0 saturated carbocycles. The molecule has 0 unspecified atom stereocenters. The van der Waals surface area contributed by atoms with Gasteiger partial charge in [0.25, 0.3) is 0 Å². The number of alkyl halides is 3. The van der Waals surface area contributed by atoms with Gasteiger partial charge in [0.2, 0.25) is 17.2 Å². The quantitative estimate of drug-likeness (QED) is 0.908. The number of nitrogens with zero attached hydrogens (tertiary/aromatic N) is 5. The molecule has 1 aromatic heterocycles. The Kier molecular flexibility index (Phi) is 5.04. The van der Waals surface area contributed by atoms with Gasteiger partial charge in [-0.25, -0.2) is 0 Å². The third-order valence-corrected chi connectivity index (χ3v) is 3.16. The lowest BCUT2D eigenvalue weighted by Gasteiger charge is -2.34. The average Bonchev–Trinajstić information content (AvgIpc) is 2.37. The van der Waals surface area contributed by atoms with E-state index in [1.165, 1.54) is 4.90 Å². The molecule has 1 aliphatic heterocycles. The van der Waals surface area contributed by atoms with Gasteiger partial charge in [-0.3, -0.25) is 4.90 Å². The van der Waals surface area contributed by atoms with Gasteiger partial charge in [0, 0.05) is 32.7 Å². The maximum atomic E-state index is 12.3. The summed E-state index contributed by atoms with van der Waals surface area (Å²) in [5.41, 5.74) is 0. The monoisotopic (exact) mass is 324 g/mol. The summed E-state index contributed by atoms with van der Waals surface area (Å²) in [5.74, 6) is 0.753. The molecule has 6 nitrogen and oxygen atoms in total. The summed E-state index contributed by atoms with van der Waals surface area (Å²) in [6.45, 7) is 3.09. The minimum Gasteiger partial charge on any atom is -0.354 e. The lowest BCUT2D eigenvalue weighted by Crippen LogP contribution is -2.49. The van der Waals surface area contributed by atoms with Crippen molar-refractivity contribution in [2.45, 2.75) is 13.1 Å². The van der Waals surface area contributed by atoms with Crippen molar-refractivity contribution in [1.29, 1.82) is 0 Å². The first kappa shape index (κ1) is 16.0. The summed E-state index contributed by atoms with van der Waals surface area (Å²) in [6, 6.07) is 0. The lowest BCUT2D eigenvalue weighted by molar-refractivity contribution is -0.146. The van der Waals surface area contributed by atoms with Crippen LogP contribution in [-0.4, -0.2) is 65.3 Å². The Hall–Kier alpha value is -1.35. The van der Waals surface area contributed by atoms with Crippen LogP contribution in [0.4, 0.5) is 25.1 Å². The summed E-state index contributed by atoms with van der Waals surface area (Å²) in [5, 5.41) is 3.00. The molecule has 0 bridgehead atoms. The SMILES string of the molecule is CCNc1nc(Cl)nc(N2CCN(CC(F)(F)F)CC2)n1. The van der Waals surface area contributed by atoms with Gasteiger partial charge in [0.1, 0.15) is 0 Å². The third kappa shape index (κ3) is 4.85. The summed E-state index contributed by atoms with van der Waals surface area (Å²) >= 11 is 5.83. The second kappa shape index (κ2) is 6.61. The summed E-state index contributed by atoms with van der Waals surface area (Å²) < 4.78 is 37.0. The highest BCUT2D eigenvalue weighted by Gasteiger charge is 2.32. The molecule has 2 heterocycles. The smallest absolute Gasteiger partial charge is 0.354 e. The molecule has 1 N–H and O–H groups in total. The van der Waals surface area contributed by atoms with Gasteiger partial charge in [-0.05, 0) is 18.5 Å². The second-order valence-electron chi connectivity index (χ2n) is 4.64. The van der Waals surface area contributed by atoms with E-state index >= 15 is 0 Å². The van der Waals surface area contributed by atoms with Gasteiger partial charge < -0.3 is 10.2 Å². The Morgan fingerprint density at radius 3 is 2.38 bits per heavy atom. The van der Waals surface area contributed by atoms with E-state index in [0.717, 1.165) is 0 Å².